The van der Waals surface area contributed by atoms with E-state index in [4.69, 9.17) is 21.7 Å². The number of benzene rings is 2. The minimum atomic E-state index is -0.282. The van der Waals surface area contributed by atoms with Gasteiger partial charge in [-0.15, -0.1) is 0 Å². The predicted molar refractivity (Wildman–Crippen MR) is 99.2 cm³/mol. The van der Waals surface area contributed by atoms with Gasteiger partial charge in [-0.05, 0) is 48.1 Å². The highest BCUT2D eigenvalue weighted by Gasteiger charge is 2.08. The van der Waals surface area contributed by atoms with E-state index >= 15 is 0 Å². The molecule has 0 fully saturated rings. The van der Waals surface area contributed by atoms with Gasteiger partial charge in [0.25, 0.3) is 0 Å². The Hall–Kier alpha value is -3.00. The van der Waals surface area contributed by atoms with Crippen molar-refractivity contribution < 1.29 is 13.9 Å². The number of hydrogen-bond donors (Lipinski definition) is 1. The van der Waals surface area contributed by atoms with Crippen LogP contribution < -0.4 is 9.47 Å². The van der Waals surface area contributed by atoms with Crippen molar-refractivity contribution in [3.63, 3.8) is 0 Å². The van der Waals surface area contributed by atoms with Gasteiger partial charge in [-0.1, -0.05) is 12.1 Å². The van der Waals surface area contributed by atoms with Gasteiger partial charge in [0.1, 0.15) is 17.3 Å². The summed E-state index contributed by atoms with van der Waals surface area (Å²) in [5.74, 6) is 1.68. The van der Waals surface area contributed by atoms with E-state index in [1.54, 1.807) is 44.7 Å². The molecule has 0 aliphatic carbocycles. The first-order chi connectivity index (χ1) is 12.6. The lowest BCUT2D eigenvalue weighted by atomic mass is 10.1. The summed E-state index contributed by atoms with van der Waals surface area (Å²) in [6.45, 7) is 0. The van der Waals surface area contributed by atoms with Crippen LogP contribution in [0.15, 0.2) is 47.6 Å². The number of halogens is 1. The fraction of sp³-hybridized carbons (Fsp3) is 0.167. The van der Waals surface area contributed by atoms with Crippen LogP contribution in [0.2, 0.25) is 0 Å². The summed E-state index contributed by atoms with van der Waals surface area (Å²) in [4.78, 5) is 0. The number of hydrogen-bond acceptors (Lipinski definition) is 5. The zero-order chi connectivity index (χ0) is 18.5. The van der Waals surface area contributed by atoms with E-state index in [1.807, 2.05) is 6.07 Å². The molecule has 3 rings (SSSR count). The first kappa shape index (κ1) is 17.8. The molecule has 8 heteroatoms. The number of ether oxygens (including phenoxy) is 2. The highest BCUT2D eigenvalue weighted by Crippen LogP contribution is 2.22. The number of aromatic amines is 1. The zero-order valence-corrected chi connectivity index (χ0v) is 15.1. The summed E-state index contributed by atoms with van der Waals surface area (Å²) < 4.78 is 25.5. The van der Waals surface area contributed by atoms with Crippen molar-refractivity contribution >= 4 is 18.4 Å². The Labute approximate surface area is 154 Å². The topological polar surface area (TPSA) is 64.4 Å². The molecule has 0 amide bonds. The number of nitrogens with one attached hydrogen (secondary N) is 1. The van der Waals surface area contributed by atoms with Gasteiger partial charge in [0, 0.05) is 12.0 Å². The summed E-state index contributed by atoms with van der Waals surface area (Å²) in [6.07, 6.45) is 2.08. The normalized spacial score (nSPS) is 11.0. The lowest BCUT2D eigenvalue weighted by molar-refractivity contribution is 0.402. The summed E-state index contributed by atoms with van der Waals surface area (Å²) in [5, 5.41) is 11.4. The molecule has 134 valence electrons. The lowest BCUT2D eigenvalue weighted by Crippen LogP contribution is -2.01. The molecule has 0 aliphatic rings. The van der Waals surface area contributed by atoms with Gasteiger partial charge in [0.2, 0.25) is 4.77 Å². The third-order valence-corrected chi connectivity index (χ3v) is 4.01. The van der Waals surface area contributed by atoms with Crippen LogP contribution >= 0.6 is 12.2 Å². The highest BCUT2D eigenvalue weighted by atomic mass is 32.1. The minimum Gasteiger partial charge on any atom is -0.497 e. The Bertz CT molecular complexity index is 980. The SMILES string of the molecule is COc1ccc(OC)c(/C=N\n2c(Cc3ccc(F)cc3)n[nH]c2=S)c1. The summed E-state index contributed by atoms with van der Waals surface area (Å²) in [7, 11) is 3.18. The number of rotatable bonds is 6. The van der Waals surface area contributed by atoms with Crippen LogP contribution in [-0.2, 0) is 6.42 Å². The molecule has 6 nitrogen and oxygen atoms in total. The van der Waals surface area contributed by atoms with Gasteiger partial charge in [-0.2, -0.15) is 14.9 Å². The van der Waals surface area contributed by atoms with Crippen LogP contribution in [0.5, 0.6) is 11.5 Å². The van der Waals surface area contributed by atoms with Crippen molar-refractivity contribution in [2.24, 2.45) is 5.10 Å². The molecule has 3 aromatic rings. The van der Waals surface area contributed by atoms with Gasteiger partial charge in [0.15, 0.2) is 5.82 Å². The Morgan fingerprint density at radius 3 is 2.65 bits per heavy atom. The molecule has 0 unspecified atom stereocenters. The first-order valence-corrected chi connectivity index (χ1v) is 8.18. The van der Waals surface area contributed by atoms with Crippen molar-refractivity contribution in [3.05, 3.63) is 70.0 Å². The van der Waals surface area contributed by atoms with E-state index in [1.165, 1.54) is 16.8 Å². The van der Waals surface area contributed by atoms with E-state index in [-0.39, 0.29) is 5.82 Å². The molecule has 0 radical (unpaired) electrons. The van der Waals surface area contributed by atoms with Crippen LogP contribution in [0.4, 0.5) is 4.39 Å². The van der Waals surface area contributed by atoms with Crippen LogP contribution in [-0.4, -0.2) is 35.3 Å². The van der Waals surface area contributed by atoms with E-state index in [2.05, 4.69) is 15.3 Å². The smallest absolute Gasteiger partial charge is 0.216 e. The largest absolute Gasteiger partial charge is 0.497 e. The van der Waals surface area contributed by atoms with Gasteiger partial charge in [-0.25, -0.2) is 4.39 Å². The Balaban J connectivity index is 1.91. The van der Waals surface area contributed by atoms with Crippen molar-refractivity contribution in [2.75, 3.05) is 14.2 Å². The quantitative estimate of drug-likeness (QED) is 0.531. The molecule has 26 heavy (non-hydrogen) atoms. The van der Waals surface area contributed by atoms with Crippen molar-refractivity contribution in [1.82, 2.24) is 14.9 Å². The van der Waals surface area contributed by atoms with E-state index in [0.29, 0.717) is 28.5 Å². The predicted octanol–water partition coefficient (Wildman–Crippen LogP) is 3.57. The van der Waals surface area contributed by atoms with Crippen LogP contribution in [0.1, 0.15) is 17.0 Å². The average molecular weight is 372 g/mol. The molecule has 0 saturated carbocycles. The Morgan fingerprint density at radius 2 is 1.96 bits per heavy atom. The maximum Gasteiger partial charge on any atom is 0.216 e. The molecular weight excluding hydrogens is 355 g/mol. The number of aromatic nitrogens is 3. The van der Waals surface area contributed by atoms with E-state index < -0.39 is 0 Å². The molecule has 1 N–H and O–H groups in total. The standard InChI is InChI=1S/C18H17FN4O2S/c1-24-15-7-8-16(25-2)13(10-15)11-20-23-17(21-22-18(23)26)9-12-3-5-14(19)6-4-12/h3-8,10-11H,9H2,1-2H3,(H,22,26)/b20-11-. The van der Waals surface area contributed by atoms with Gasteiger partial charge >= 0.3 is 0 Å². The second kappa shape index (κ2) is 7.92. The molecule has 0 spiro atoms. The highest BCUT2D eigenvalue weighted by molar-refractivity contribution is 7.71. The molecule has 0 saturated heterocycles. The summed E-state index contributed by atoms with van der Waals surface area (Å²) in [6, 6.07) is 11.6. The maximum absolute atomic E-state index is 13.1. The molecular formula is C18H17FN4O2S. The first-order valence-electron chi connectivity index (χ1n) is 7.78. The second-order valence-electron chi connectivity index (χ2n) is 5.41. The summed E-state index contributed by atoms with van der Waals surface area (Å²) in [5.41, 5.74) is 1.64. The third-order valence-electron chi connectivity index (χ3n) is 3.74. The Morgan fingerprint density at radius 1 is 1.19 bits per heavy atom. The summed E-state index contributed by atoms with van der Waals surface area (Å²) >= 11 is 5.25. The fourth-order valence-corrected chi connectivity index (χ4v) is 2.60. The lowest BCUT2D eigenvalue weighted by Gasteiger charge is -2.07. The average Bonchev–Trinajstić information content (AvgIpc) is 3.01. The van der Waals surface area contributed by atoms with Crippen LogP contribution in [0, 0.1) is 10.6 Å². The van der Waals surface area contributed by atoms with Crippen molar-refractivity contribution in [3.8, 4) is 11.5 Å². The van der Waals surface area contributed by atoms with Gasteiger partial charge < -0.3 is 9.47 Å². The minimum absolute atomic E-state index is 0.282. The number of methoxy groups -OCH3 is 2. The van der Waals surface area contributed by atoms with E-state index in [9.17, 15) is 4.39 Å². The maximum atomic E-state index is 13.1. The van der Waals surface area contributed by atoms with Crippen LogP contribution in [0.3, 0.4) is 0 Å². The molecule has 1 aromatic heterocycles. The number of nitrogens with zero attached hydrogens (tertiary/aromatic N) is 3. The zero-order valence-electron chi connectivity index (χ0n) is 14.3. The van der Waals surface area contributed by atoms with Crippen LogP contribution in [0.25, 0.3) is 0 Å². The Kier molecular flexibility index (Phi) is 5.43. The fourth-order valence-electron chi connectivity index (χ4n) is 2.40. The molecule has 0 aliphatic heterocycles. The van der Waals surface area contributed by atoms with Crippen molar-refractivity contribution in [1.29, 1.82) is 0 Å². The van der Waals surface area contributed by atoms with Crippen molar-refractivity contribution in [2.45, 2.75) is 6.42 Å². The van der Waals surface area contributed by atoms with Gasteiger partial charge in [-0.3, -0.25) is 5.10 Å². The number of H-pyrrole nitrogens is 1. The molecule has 0 atom stereocenters. The third kappa shape index (κ3) is 3.97. The van der Waals surface area contributed by atoms with Gasteiger partial charge in [0.05, 0.1) is 20.4 Å². The monoisotopic (exact) mass is 372 g/mol. The molecule has 0 bridgehead atoms. The second-order valence-corrected chi connectivity index (χ2v) is 5.80. The molecule has 2 aromatic carbocycles. The molecule has 1 heterocycles. The van der Waals surface area contributed by atoms with E-state index in [0.717, 1.165) is 11.1 Å².